The van der Waals surface area contributed by atoms with Crippen molar-refractivity contribution in [2.75, 3.05) is 38.7 Å². The Balaban J connectivity index is 1.99. The number of carbonyl (C=O) groups is 1. The highest BCUT2D eigenvalue weighted by Gasteiger charge is 2.19. The molecule has 1 saturated heterocycles. The Morgan fingerprint density at radius 3 is 2.94 bits per heavy atom. The Labute approximate surface area is 107 Å². The molecule has 1 fully saturated rings. The summed E-state index contributed by atoms with van der Waals surface area (Å²) in [4.78, 5) is 18.2. The fourth-order valence-corrected chi connectivity index (χ4v) is 2.05. The maximum atomic E-state index is 12.2. The van der Waals surface area contributed by atoms with Crippen molar-refractivity contribution in [3.05, 3.63) is 24.0 Å². The van der Waals surface area contributed by atoms with Crippen LogP contribution >= 0.6 is 0 Å². The van der Waals surface area contributed by atoms with Gasteiger partial charge in [-0.25, -0.2) is 0 Å². The molecule has 0 aliphatic carbocycles. The van der Waals surface area contributed by atoms with Crippen LogP contribution in [-0.4, -0.2) is 49.1 Å². The van der Waals surface area contributed by atoms with Crippen molar-refractivity contribution >= 4 is 11.6 Å². The van der Waals surface area contributed by atoms with E-state index in [1.54, 1.807) is 19.5 Å². The first-order chi connectivity index (χ1) is 8.81. The molecule has 0 spiro atoms. The smallest absolute Gasteiger partial charge is 0.255 e. The Hall–Kier alpha value is -1.62. The van der Waals surface area contributed by atoms with Crippen molar-refractivity contribution in [2.24, 2.45) is 0 Å². The van der Waals surface area contributed by atoms with Gasteiger partial charge in [0.2, 0.25) is 0 Å². The van der Waals surface area contributed by atoms with E-state index < -0.39 is 0 Å². The van der Waals surface area contributed by atoms with Crippen molar-refractivity contribution in [2.45, 2.75) is 12.8 Å². The molecule has 1 aromatic rings. The number of hydrogen-bond acceptors (Lipinski definition) is 4. The number of nitrogens with one attached hydrogen (secondary N) is 1. The van der Waals surface area contributed by atoms with Gasteiger partial charge < -0.3 is 15.0 Å². The van der Waals surface area contributed by atoms with Crippen LogP contribution in [0.25, 0.3) is 0 Å². The van der Waals surface area contributed by atoms with E-state index in [0.29, 0.717) is 18.7 Å². The maximum absolute atomic E-state index is 12.2. The summed E-state index contributed by atoms with van der Waals surface area (Å²) < 4.78 is 4.96. The molecule has 98 valence electrons. The third-order valence-electron chi connectivity index (χ3n) is 3.01. The number of pyridine rings is 1. The minimum atomic E-state index is 0.0791. The van der Waals surface area contributed by atoms with Crippen LogP contribution in [0, 0.1) is 0 Å². The summed E-state index contributed by atoms with van der Waals surface area (Å²) in [7, 11) is 1.66. The highest BCUT2D eigenvalue weighted by molar-refractivity contribution is 5.94. The third kappa shape index (κ3) is 3.20. The van der Waals surface area contributed by atoms with Crippen LogP contribution < -0.4 is 5.32 Å². The first-order valence-corrected chi connectivity index (χ1v) is 6.28. The second kappa shape index (κ2) is 6.35. The predicted molar refractivity (Wildman–Crippen MR) is 69.7 cm³/mol. The Bertz CT molecular complexity index is 403. The van der Waals surface area contributed by atoms with E-state index in [0.717, 1.165) is 31.6 Å². The van der Waals surface area contributed by atoms with Gasteiger partial charge in [-0.2, -0.15) is 0 Å². The number of nitrogens with zero attached hydrogens (tertiary/aromatic N) is 2. The van der Waals surface area contributed by atoms with Gasteiger partial charge in [-0.3, -0.25) is 9.78 Å². The molecule has 0 radical (unpaired) electrons. The molecule has 0 bridgehead atoms. The SMILES string of the molecule is COCCNc1cncc(C(=O)N2CCCC2)c1. The number of ether oxygens (including phenoxy) is 1. The summed E-state index contributed by atoms with van der Waals surface area (Å²) in [5.74, 6) is 0.0791. The molecular formula is C13H19N3O2. The number of amides is 1. The first-order valence-electron chi connectivity index (χ1n) is 6.28. The molecule has 0 atom stereocenters. The molecule has 1 aromatic heterocycles. The van der Waals surface area contributed by atoms with Gasteiger partial charge in [0.05, 0.1) is 17.9 Å². The van der Waals surface area contributed by atoms with Gasteiger partial charge in [0.25, 0.3) is 5.91 Å². The lowest BCUT2D eigenvalue weighted by Gasteiger charge is -2.15. The summed E-state index contributed by atoms with van der Waals surface area (Å²) in [5.41, 5.74) is 1.51. The van der Waals surface area contributed by atoms with E-state index in [1.807, 2.05) is 11.0 Å². The first kappa shape index (κ1) is 12.8. The van der Waals surface area contributed by atoms with Crippen LogP contribution in [0.3, 0.4) is 0 Å². The molecule has 2 rings (SSSR count). The van der Waals surface area contributed by atoms with E-state index in [9.17, 15) is 4.79 Å². The van der Waals surface area contributed by atoms with E-state index in [-0.39, 0.29) is 5.91 Å². The topological polar surface area (TPSA) is 54.5 Å². The van der Waals surface area contributed by atoms with E-state index >= 15 is 0 Å². The second-order valence-electron chi connectivity index (χ2n) is 4.38. The van der Waals surface area contributed by atoms with Gasteiger partial charge in [0, 0.05) is 39.1 Å². The molecule has 1 aliphatic heterocycles. The van der Waals surface area contributed by atoms with Crippen molar-refractivity contribution in [1.82, 2.24) is 9.88 Å². The van der Waals surface area contributed by atoms with Gasteiger partial charge in [0.1, 0.15) is 0 Å². The van der Waals surface area contributed by atoms with Crippen LogP contribution in [0.1, 0.15) is 23.2 Å². The number of carbonyl (C=O) groups excluding carboxylic acids is 1. The molecule has 0 unspecified atom stereocenters. The minimum Gasteiger partial charge on any atom is -0.383 e. The van der Waals surface area contributed by atoms with Crippen molar-refractivity contribution in [3.63, 3.8) is 0 Å². The zero-order chi connectivity index (χ0) is 12.8. The summed E-state index contributed by atoms with van der Waals surface area (Å²) in [6.07, 6.45) is 5.55. The van der Waals surface area contributed by atoms with Gasteiger partial charge in [-0.1, -0.05) is 0 Å². The number of methoxy groups -OCH3 is 1. The standard InChI is InChI=1S/C13H19N3O2/c1-18-7-4-15-12-8-11(9-14-10-12)13(17)16-5-2-3-6-16/h8-10,15H,2-7H2,1H3. The monoisotopic (exact) mass is 249 g/mol. The third-order valence-corrected chi connectivity index (χ3v) is 3.01. The zero-order valence-corrected chi connectivity index (χ0v) is 10.7. The van der Waals surface area contributed by atoms with Crippen LogP contribution in [0.2, 0.25) is 0 Å². The quantitative estimate of drug-likeness (QED) is 0.801. The van der Waals surface area contributed by atoms with Crippen molar-refractivity contribution in [1.29, 1.82) is 0 Å². The average Bonchev–Trinajstić information content (AvgIpc) is 2.92. The van der Waals surface area contributed by atoms with Gasteiger partial charge in [-0.15, -0.1) is 0 Å². The van der Waals surface area contributed by atoms with Crippen LogP contribution in [0.15, 0.2) is 18.5 Å². The summed E-state index contributed by atoms with van der Waals surface area (Å²) in [6, 6.07) is 1.85. The Morgan fingerprint density at radius 1 is 1.44 bits per heavy atom. The van der Waals surface area contributed by atoms with Crippen LogP contribution in [0.5, 0.6) is 0 Å². The second-order valence-corrected chi connectivity index (χ2v) is 4.38. The molecule has 5 heteroatoms. The fourth-order valence-electron chi connectivity index (χ4n) is 2.05. The normalized spacial score (nSPS) is 14.8. The highest BCUT2D eigenvalue weighted by atomic mass is 16.5. The summed E-state index contributed by atoms with van der Waals surface area (Å²) >= 11 is 0. The summed E-state index contributed by atoms with van der Waals surface area (Å²) in [6.45, 7) is 3.06. The molecule has 2 heterocycles. The number of rotatable bonds is 5. The van der Waals surface area contributed by atoms with Crippen LogP contribution in [-0.2, 0) is 4.74 Å². The number of anilines is 1. The Morgan fingerprint density at radius 2 is 2.22 bits per heavy atom. The maximum Gasteiger partial charge on any atom is 0.255 e. The van der Waals surface area contributed by atoms with E-state index in [4.69, 9.17) is 4.74 Å². The van der Waals surface area contributed by atoms with Gasteiger partial charge in [-0.05, 0) is 18.9 Å². The largest absolute Gasteiger partial charge is 0.383 e. The Kier molecular flexibility index (Phi) is 4.52. The molecule has 1 amide bonds. The molecular weight excluding hydrogens is 230 g/mol. The van der Waals surface area contributed by atoms with Gasteiger partial charge >= 0.3 is 0 Å². The highest BCUT2D eigenvalue weighted by Crippen LogP contribution is 2.14. The van der Waals surface area contributed by atoms with Crippen LogP contribution in [0.4, 0.5) is 5.69 Å². The van der Waals surface area contributed by atoms with Crippen molar-refractivity contribution in [3.8, 4) is 0 Å². The van der Waals surface area contributed by atoms with Crippen molar-refractivity contribution < 1.29 is 9.53 Å². The molecule has 0 saturated carbocycles. The number of likely N-dealkylation sites (tertiary alicyclic amines) is 1. The van der Waals surface area contributed by atoms with E-state index in [2.05, 4.69) is 10.3 Å². The molecule has 1 N–H and O–H groups in total. The molecule has 1 aliphatic rings. The predicted octanol–water partition coefficient (Wildman–Crippen LogP) is 1.38. The minimum absolute atomic E-state index is 0.0791. The van der Waals surface area contributed by atoms with Gasteiger partial charge in [0.15, 0.2) is 0 Å². The fraction of sp³-hybridized carbons (Fsp3) is 0.538. The number of aromatic nitrogens is 1. The lowest BCUT2D eigenvalue weighted by atomic mass is 10.2. The summed E-state index contributed by atoms with van der Waals surface area (Å²) in [5, 5.41) is 3.17. The molecule has 0 aromatic carbocycles. The number of hydrogen-bond donors (Lipinski definition) is 1. The zero-order valence-electron chi connectivity index (χ0n) is 10.7. The lowest BCUT2D eigenvalue weighted by Crippen LogP contribution is -2.27. The molecule has 5 nitrogen and oxygen atoms in total. The van der Waals surface area contributed by atoms with E-state index in [1.165, 1.54) is 0 Å². The average molecular weight is 249 g/mol. The molecule has 18 heavy (non-hydrogen) atoms. The lowest BCUT2D eigenvalue weighted by molar-refractivity contribution is 0.0792.